The van der Waals surface area contributed by atoms with Crippen LogP contribution in [-0.2, 0) is 14.3 Å². The smallest absolute Gasteiger partial charge is 0.312 e. The molecule has 29 heavy (non-hydrogen) atoms. The topological polar surface area (TPSA) is 71.9 Å². The summed E-state index contributed by atoms with van der Waals surface area (Å²) in [6.07, 6.45) is 0.424. The number of ether oxygens (including phenoxy) is 2. The number of piperidine rings is 1. The van der Waals surface area contributed by atoms with Gasteiger partial charge in [-0.2, -0.15) is 0 Å². The molecule has 2 heterocycles. The maximum absolute atomic E-state index is 12.6. The molecule has 0 bridgehead atoms. The summed E-state index contributed by atoms with van der Waals surface area (Å²) < 4.78 is 11.5. The number of aromatic nitrogens is 1. The molecule has 1 aromatic carbocycles. The molecule has 0 radical (unpaired) electrons. The third-order valence-electron chi connectivity index (χ3n) is 4.84. The predicted octanol–water partition coefficient (Wildman–Crippen LogP) is 4.40. The number of hydrogen-bond donors (Lipinski definition) is 1. The number of rotatable bonds is 5. The van der Waals surface area contributed by atoms with Crippen LogP contribution in [0.2, 0.25) is 0 Å². The second kappa shape index (κ2) is 8.71. The summed E-state index contributed by atoms with van der Waals surface area (Å²) in [6.45, 7) is 11.4. The fourth-order valence-corrected chi connectivity index (χ4v) is 4.37. The van der Waals surface area contributed by atoms with Crippen molar-refractivity contribution in [2.24, 2.45) is 5.92 Å². The monoisotopic (exact) mass is 418 g/mol. The summed E-state index contributed by atoms with van der Waals surface area (Å²) in [5.41, 5.74) is 2.05. The Kier molecular flexibility index (Phi) is 6.49. The summed E-state index contributed by atoms with van der Waals surface area (Å²) >= 11 is 1.54. The van der Waals surface area contributed by atoms with Gasteiger partial charge in [-0.3, -0.25) is 4.79 Å². The SMILES string of the molecule is CCO[C@H]1CN(c2nc(-c3cc(C)ccc3O)cs2)CC[C@H]1C(=O)OC(C)(C)C. The molecule has 0 amide bonds. The standard InChI is InChI=1S/C22H30N2O4S/c1-6-27-19-12-24(10-9-15(19)20(26)28-22(3,4)5)21-23-17(13-29-21)16-11-14(2)7-8-18(16)25/h7-8,11,13,15,19,25H,6,9-10,12H2,1-5H3/t15-,19+/m1/s1. The molecule has 0 aliphatic carbocycles. The number of benzene rings is 1. The van der Waals surface area contributed by atoms with Crippen LogP contribution in [0.4, 0.5) is 5.13 Å². The lowest BCUT2D eigenvalue weighted by Crippen LogP contribution is -2.49. The molecule has 1 fully saturated rings. The Labute approximate surface area is 176 Å². The molecular weight excluding hydrogens is 388 g/mol. The molecule has 2 aromatic rings. The minimum atomic E-state index is -0.509. The lowest BCUT2D eigenvalue weighted by Gasteiger charge is -2.38. The zero-order valence-corrected chi connectivity index (χ0v) is 18.6. The van der Waals surface area contributed by atoms with Crippen LogP contribution < -0.4 is 4.90 Å². The molecule has 1 saturated heterocycles. The molecule has 1 aliphatic rings. The molecule has 0 saturated carbocycles. The highest BCUT2D eigenvalue weighted by Crippen LogP contribution is 2.35. The van der Waals surface area contributed by atoms with Crippen LogP contribution in [-0.4, -0.2) is 47.5 Å². The summed E-state index contributed by atoms with van der Waals surface area (Å²) in [7, 11) is 0. The van der Waals surface area contributed by atoms with Gasteiger partial charge in [0.25, 0.3) is 0 Å². The number of hydrogen-bond acceptors (Lipinski definition) is 7. The predicted molar refractivity (Wildman–Crippen MR) is 116 cm³/mol. The van der Waals surface area contributed by atoms with Gasteiger partial charge in [0.15, 0.2) is 5.13 Å². The number of phenols is 1. The van der Waals surface area contributed by atoms with Gasteiger partial charge >= 0.3 is 5.97 Å². The van der Waals surface area contributed by atoms with Gasteiger partial charge in [0.1, 0.15) is 11.4 Å². The number of carbonyl (C=O) groups excluding carboxylic acids is 1. The Balaban J connectivity index is 1.76. The van der Waals surface area contributed by atoms with Gasteiger partial charge in [0.05, 0.1) is 17.7 Å². The van der Waals surface area contributed by atoms with Crippen molar-refractivity contribution in [3.05, 3.63) is 29.1 Å². The largest absolute Gasteiger partial charge is 0.507 e. The van der Waals surface area contributed by atoms with E-state index in [1.165, 1.54) is 11.3 Å². The van der Waals surface area contributed by atoms with E-state index < -0.39 is 5.60 Å². The molecule has 0 spiro atoms. The first-order valence-electron chi connectivity index (χ1n) is 10.0. The maximum Gasteiger partial charge on any atom is 0.312 e. The maximum atomic E-state index is 12.6. The molecule has 158 valence electrons. The van der Waals surface area contributed by atoms with E-state index in [4.69, 9.17) is 14.5 Å². The first kappa shape index (κ1) is 21.6. The van der Waals surface area contributed by atoms with E-state index in [0.29, 0.717) is 26.1 Å². The number of aromatic hydroxyl groups is 1. The highest BCUT2D eigenvalue weighted by molar-refractivity contribution is 7.14. The van der Waals surface area contributed by atoms with Crippen molar-refractivity contribution in [1.29, 1.82) is 0 Å². The summed E-state index contributed by atoms with van der Waals surface area (Å²) in [5.74, 6) is -0.242. The minimum Gasteiger partial charge on any atom is -0.507 e. The number of thiazole rings is 1. The molecule has 0 unspecified atom stereocenters. The quantitative estimate of drug-likeness (QED) is 0.726. The lowest BCUT2D eigenvalue weighted by molar-refractivity contribution is -0.166. The van der Waals surface area contributed by atoms with Gasteiger partial charge in [-0.1, -0.05) is 11.6 Å². The van der Waals surface area contributed by atoms with Gasteiger partial charge in [-0.25, -0.2) is 4.98 Å². The van der Waals surface area contributed by atoms with Crippen molar-refractivity contribution in [2.75, 3.05) is 24.6 Å². The first-order chi connectivity index (χ1) is 13.7. The van der Waals surface area contributed by atoms with E-state index in [0.717, 1.165) is 22.0 Å². The number of aryl methyl sites for hydroxylation is 1. The molecule has 1 aromatic heterocycles. The Morgan fingerprint density at radius 1 is 1.38 bits per heavy atom. The number of esters is 1. The fraction of sp³-hybridized carbons (Fsp3) is 0.545. The van der Waals surface area contributed by atoms with Gasteiger partial charge in [-0.05, 0) is 53.2 Å². The van der Waals surface area contributed by atoms with E-state index in [1.807, 2.05) is 52.1 Å². The minimum absolute atomic E-state index is 0.194. The number of nitrogens with zero attached hydrogens (tertiary/aromatic N) is 2. The van der Waals surface area contributed by atoms with Crippen molar-refractivity contribution < 1.29 is 19.4 Å². The van der Waals surface area contributed by atoms with Crippen LogP contribution >= 0.6 is 11.3 Å². The van der Waals surface area contributed by atoms with Crippen LogP contribution in [0.15, 0.2) is 23.6 Å². The van der Waals surface area contributed by atoms with Crippen LogP contribution in [0.1, 0.15) is 39.7 Å². The van der Waals surface area contributed by atoms with Crippen LogP contribution in [0.5, 0.6) is 5.75 Å². The van der Waals surface area contributed by atoms with E-state index in [9.17, 15) is 9.90 Å². The van der Waals surface area contributed by atoms with E-state index in [1.54, 1.807) is 6.07 Å². The lowest BCUT2D eigenvalue weighted by atomic mass is 9.93. The van der Waals surface area contributed by atoms with Crippen molar-refractivity contribution in [3.8, 4) is 17.0 Å². The van der Waals surface area contributed by atoms with Gasteiger partial charge < -0.3 is 19.5 Å². The summed E-state index contributed by atoms with van der Waals surface area (Å²) in [5, 5.41) is 13.0. The Morgan fingerprint density at radius 2 is 2.14 bits per heavy atom. The average Bonchev–Trinajstić information content (AvgIpc) is 3.12. The van der Waals surface area contributed by atoms with Crippen molar-refractivity contribution in [2.45, 2.75) is 52.7 Å². The third-order valence-corrected chi connectivity index (χ3v) is 5.74. The molecule has 3 rings (SSSR count). The number of anilines is 1. The molecule has 2 atom stereocenters. The van der Waals surface area contributed by atoms with E-state index in [2.05, 4.69) is 4.90 Å². The molecule has 6 nitrogen and oxygen atoms in total. The Hall–Kier alpha value is -2.12. The second-order valence-electron chi connectivity index (χ2n) is 8.40. The molecular formula is C22H30N2O4S. The number of phenolic OH excluding ortho intramolecular Hbond substituents is 1. The summed E-state index contributed by atoms with van der Waals surface area (Å²) in [6, 6.07) is 5.51. The normalized spacial score (nSPS) is 20.0. The van der Waals surface area contributed by atoms with Crippen LogP contribution in [0.3, 0.4) is 0 Å². The van der Waals surface area contributed by atoms with Crippen LogP contribution in [0.25, 0.3) is 11.3 Å². The zero-order valence-electron chi connectivity index (χ0n) is 17.8. The highest BCUT2D eigenvalue weighted by atomic mass is 32.1. The Bertz CT molecular complexity index is 859. The highest BCUT2D eigenvalue weighted by Gasteiger charge is 2.38. The van der Waals surface area contributed by atoms with Gasteiger partial charge in [0, 0.05) is 30.6 Å². The first-order valence-corrected chi connectivity index (χ1v) is 10.9. The second-order valence-corrected chi connectivity index (χ2v) is 9.24. The summed E-state index contributed by atoms with van der Waals surface area (Å²) in [4.78, 5) is 19.5. The molecule has 7 heteroatoms. The fourth-order valence-electron chi connectivity index (χ4n) is 3.51. The van der Waals surface area contributed by atoms with E-state index in [-0.39, 0.29) is 23.7 Å². The van der Waals surface area contributed by atoms with Crippen molar-refractivity contribution in [3.63, 3.8) is 0 Å². The van der Waals surface area contributed by atoms with Crippen molar-refractivity contribution >= 4 is 22.4 Å². The molecule has 1 N–H and O–H groups in total. The Morgan fingerprint density at radius 3 is 2.83 bits per heavy atom. The zero-order chi connectivity index (χ0) is 21.2. The van der Waals surface area contributed by atoms with Gasteiger partial charge in [0.2, 0.25) is 0 Å². The van der Waals surface area contributed by atoms with E-state index >= 15 is 0 Å². The number of carbonyl (C=O) groups is 1. The average molecular weight is 419 g/mol. The van der Waals surface area contributed by atoms with Crippen LogP contribution in [0, 0.1) is 12.8 Å². The van der Waals surface area contributed by atoms with Crippen molar-refractivity contribution in [1.82, 2.24) is 4.98 Å². The molecule has 1 aliphatic heterocycles. The third kappa shape index (κ3) is 5.28. The van der Waals surface area contributed by atoms with Gasteiger partial charge in [-0.15, -0.1) is 11.3 Å².